The van der Waals surface area contributed by atoms with Gasteiger partial charge >= 0.3 is 0 Å². The number of carbonyl (C=O) groups excluding carboxylic acids is 1. The first-order chi connectivity index (χ1) is 14.5. The first kappa shape index (κ1) is 24.2. The molecule has 1 saturated carbocycles. The molecule has 0 heterocycles. The maximum atomic E-state index is 12.0. The number of guanidine groups is 1. The summed E-state index contributed by atoms with van der Waals surface area (Å²) >= 11 is 0. The van der Waals surface area contributed by atoms with Crippen LogP contribution >= 0.6 is 0 Å². The number of amides is 1. The molecule has 1 amide bonds. The molecule has 0 spiro atoms. The number of nitrogens with one attached hydrogen (secondary N) is 3. The summed E-state index contributed by atoms with van der Waals surface area (Å²) in [6, 6.07) is 7.88. The number of methoxy groups -OCH3 is 1. The SMILES string of the molecule is CCNC(=NCc1cccc(NC(=O)CN(C)C)c1)NCC1(CCOC)CCCC1. The summed E-state index contributed by atoms with van der Waals surface area (Å²) in [6.07, 6.45) is 6.18. The number of carbonyl (C=O) groups is 1. The van der Waals surface area contributed by atoms with Crippen LogP contribution in [0.5, 0.6) is 0 Å². The van der Waals surface area contributed by atoms with Gasteiger partial charge in [0.1, 0.15) is 0 Å². The first-order valence-electron chi connectivity index (χ1n) is 11.0. The third-order valence-corrected chi connectivity index (χ3v) is 5.57. The lowest BCUT2D eigenvalue weighted by Crippen LogP contribution is -2.43. The van der Waals surface area contributed by atoms with Gasteiger partial charge in [0.05, 0.1) is 13.1 Å². The van der Waals surface area contributed by atoms with E-state index >= 15 is 0 Å². The zero-order valence-electron chi connectivity index (χ0n) is 19.1. The summed E-state index contributed by atoms with van der Waals surface area (Å²) in [6.45, 7) is 5.54. The topological polar surface area (TPSA) is 78.0 Å². The van der Waals surface area contributed by atoms with E-state index in [0.717, 1.165) is 43.3 Å². The van der Waals surface area contributed by atoms with Crippen molar-refractivity contribution in [3.05, 3.63) is 29.8 Å². The molecule has 7 nitrogen and oxygen atoms in total. The summed E-state index contributed by atoms with van der Waals surface area (Å²) in [5.41, 5.74) is 2.17. The third-order valence-electron chi connectivity index (χ3n) is 5.57. The fourth-order valence-corrected chi connectivity index (χ4v) is 3.98. The molecule has 3 N–H and O–H groups in total. The minimum absolute atomic E-state index is 0.0198. The summed E-state index contributed by atoms with van der Waals surface area (Å²) in [5.74, 6) is 0.816. The lowest BCUT2D eigenvalue weighted by molar-refractivity contribution is -0.116. The number of aliphatic imine (C=N–C) groups is 1. The molecule has 0 aromatic heterocycles. The van der Waals surface area contributed by atoms with Crippen LogP contribution in [0.4, 0.5) is 5.69 Å². The van der Waals surface area contributed by atoms with E-state index in [9.17, 15) is 4.79 Å². The molecular formula is C23H39N5O2. The molecule has 168 valence electrons. The van der Waals surface area contributed by atoms with E-state index in [1.807, 2.05) is 43.3 Å². The van der Waals surface area contributed by atoms with E-state index in [1.165, 1.54) is 25.7 Å². The summed E-state index contributed by atoms with van der Waals surface area (Å²) in [5, 5.41) is 9.85. The Morgan fingerprint density at radius 3 is 2.67 bits per heavy atom. The number of hydrogen-bond donors (Lipinski definition) is 3. The standard InChI is InChI=1S/C23H39N5O2/c1-5-24-22(26-18-23(13-14-30-4)11-6-7-12-23)25-16-19-9-8-10-20(15-19)27-21(29)17-28(2)3/h8-10,15H,5-7,11-14,16-18H2,1-4H3,(H,27,29)(H2,24,25,26). The van der Waals surface area contributed by atoms with E-state index in [0.29, 0.717) is 18.5 Å². The maximum absolute atomic E-state index is 12.0. The Morgan fingerprint density at radius 2 is 2.00 bits per heavy atom. The molecule has 0 saturated heterocycles. The number of hydrogen-bond acceptors (Lipinski definition) is 4. The van der Waals surface area contributed by atoms with Crippen molar-refractivity contribution >= 4 is 17.6 Å². The van der Waals surface area contributed by atoms with E-state index in [-0.39, 0.29) is 5.91 Å². The number of rotatable bonds is 11. The molecule has 1 aromatic carbocycles. The molecule has 0 radical (unpaired) electrons. The Balaban J connectivity index is 1.96. The molecule has 1 aliphatic rings. The zero-order chi connectivity index (χ0) is 21.8. The van der Waals surface area contributed by atoms with Crippen LogP contribution in [0.25, 0.3) is 0 Å². The van der Waals surface area contributed by atoms with E-state index in [4.69, 9.17) is 9.73 Å². The van der Waals surface area contributed by atoms with Crippen molar-refractivity contribution in [3.63, 3.8) is 0 Å². The summed E-state index contributed by atoms with van der Waals surface area (Å²) in [7, 11) is 5.54. The predicted octanol–water partition coefficient (Wildman–Crippen LogP) is 2.84. The van der Waals surface area contributed by atoms with Gasteiger partial charge in [0.2, 0.25) is 5.91 Å². The number of anilines is 1. The predicted molar refractivity (Wildman–Crippen MR) is 124 cm³/mol. The van der Waals surface area contributed by atoms with Gasteiger partial charge in [-0.2, -0.15) is 0 Å². The molecule has 30 heavy (non-hydrogen) atoms. The summed E-state index contributed by atoms with van der Waals surface area (Å²) < 4.78 is 5.34. The van der Waals surface area contributed by atoms with E-state index in [1.54, 1.807) is 7.11 Å². The smallest absolute Gasteiger partial charge is 0.238 e. The molecule has 7 heteroatoms. The normalized spacial score (nSPS) is 16.0. The molecule has 0 atom stereocenters. The Labute approximate surface area is 181 Å². The lowest BCUT2D eigenvalue weighted by atomic mass is 9.83. The highest BCUT2D eigenvalue weighted by Crippen LogP contribution is 2.40. The van der Waals surface area contributed by atoms with Crippen LogP contribution in [0.1, 0.15) is 44.6 Å². The largest absolute Gasteiger partial charge is 0.385 e. The molecule has 1 fully saturated rings. The fourth-order valence-electron chi connectivity index (χ4n) is 3.98. The number of benzene rings is 1. The number of nitrogens with zero attached hydrogens (tertiary/aromatic N) is 2. The van der Waals surface area contributed by atoms with Crippen molar-refractivity contribution in [1.82, 2.24) is 15.5 Å². The molecule has 1 aliphatic carbocycles. The van der Waals surface area contributed by atoms with Gasteiger partial charge in [-0.3, -0.25) is 4.79 Å². The van der Waals surface area contributed by atoms with Crippen LogP contribution in [-0.2, 0) is 16.1 Å². The van der Waals surface area contributed by atoms with Gasteiger partial charge in [-0.15, -0.1) is 0 Å². The highest BCUT2D eigenvalue weighted by molar-refractivity contribution is 5.92. The van der Waals surface area contributed by atoms with Crippen LogP contribution in [0, 0.1) is 5.41 Å². The average molecular weight is 418 g/mol. The Kier molecular flexibility index (Phi) is 10.1. The molecule has 0 unspecified atom stereocenters. The van der Waals surface area contributed by atoms with Gasteiger partial charge in [0.25, 0.3) is 0 Å². The second kappa shape index (κ2) is 12.5. The van der Waals surface area contributed by atoms with Gasteiger partial charge in [-0.05, 0) is 63.4 Å². The molecule has 0 bridgehead atoms. The quantitative estimate of drug-likeness (QED) is 0.381. The van der Waals surface area contributed by atoms with Gasteiger partial charge < -0.3 is 25.6 Å². The van der Waals surface area contributed by atoms with Gasteiger partial charge in [-0.25, -0.2) is 4.99 Å². The van der Waals surface area contributed by atoms with E-state index in [2.05, 4.69) is 22.9 Å². The van der Waals surface area contributed by atoms with Crippen LogP contribution in [-0.4, -0.2) is 64.2 Å². The van der Waals surface area contributed by atoms with Gasteiger partial charge in [-0.1, -0.05) is 25.0 Å². The fraction of sp³-hybridized carbons (Fsp3) is 0.652. The van der Waals surface area contributed by atoms with Crippen molar-refractivity contribution in [2.75, 3.05) is 52.8 Å². The number of likely N-dealkylation sites (N-methyl/N-ethyl adjacent to an activating group) is 1. The number of ether oxygens (including phenoxy) is 1. The molecule has 1 aromatic rings. The second-order valence-electron chi connectivity index (χ2n) is 8.48. The minimum Gasteiger partial charge on any atom is -0.385 e. The van der Waals surface area contributed by atoms with Gasteiger partial charge in [0, 0.05) is 32.5 Å². The highest BCUT2D eigenvalue weighted by atomic mass is 16.5. The van der Waals surface area contributed by atoms with Crippen LogP contribution < -0.4 is 16.0 Å². The monoisotopic (exact) mass is 417 g/mol. The van der Waals surface area contributed by atoms with Crippen LogP contribution in [0.3, 0.4) is 0 Å². The van der Waals surface area contributed by atoms with Gasteiger partial charge in [0.15, 0.2) is 5.96 Å². The van der Waals surface area contributed by atoms with Crippen molar-refractivity contribution in [2.45, 2.75) is 45.6 Å². The Hall–Kier alpha value is -2.12. The van der Waals surface area contributed by atoms with Crippen LogP contribution in [0.2, 0.25) is 0 Å². The minimum atomic E-state index is -0.0198. The summed E-state index contributed by atoms with van der Waals surface area (Å²) in [4.78, 5) is 18.6. The molecule has 0 aliphatic heterocycles. The molecular weight excluding hydrogens is 378 g/mol. The van der Waals surface area contributed by atoms with Crippen molar-refractivity contribution in [3.8, 4) is 0 Å². The molecule has 2 rings (SSSR count). The zero-order valence-corrected chi connectivity index (χ0v) is 19.1. The highest BCUT2D eigenvalue weighted by Gasteiger charge is 2.33. The van der Waals surface area contributed by atoms with Crippen LogP contribution in [0.15, 0.2) is 29.3 Å². The van der Waals surface area contributed by atoms with Crippen molar-refractivity contribution in [2.24, 2.45) is 10.4 Å². The average Bonchev–Trinajstić information content (AvgIpc) is 3.17. The second-order valence-corrected chi connectivity index (χ2v) is 8.48. The first-order valence-corrected chi connectivity index (χ1v) is 11.0. The van der Waals surface area contributed by atoms with Crippen molar-refractivity contribution < 1.29 is 9.53 Å². The van der Waals surface area contributed by atoms with E-state index < -0.39 is 0 Å². The third kappa shape index (κ3) is 8.32. The lowest BCUT2D eigenvalue weighted by Gasteiger charge is -2.30. The Morgan fingerprint density at radius 1 is 1.23 bits per heavy atom. The van der Waals surface area contributed by atoms with Crippen molar-refractivity contribution in [1.29, 1.82) is 0 Å². The maximum Gasteiger partial charge on any atom is 0.238 e. The Bertz CT molecular complexity index is 684.